The predicted octanol–water partition coefficient (Wildman–Crippen LogP) is 3.58. The maximum absolute atomic E-state index is 11.0. The minimum absolute atomic E-state index is 0.0489. The van der Waals surface area contributed by atoms with Gasteiger partial charge < -0.3 is 4.74 Å². The van der Waals surface area contributed by atoms with Crippen molar-refractivity contribution in [2.24, 2.45) is 0 Å². The number of rotatable bonds is 4. The third-order valence-corrected chi connectivity index (χ3v) is 3.04. The van der Waals surface area contributed by atoms with Crippen LogP contribution in [-0.2, 0) is 6.61 Å². The van der Waals surface area contributed by atoms with Gasteiger partial charge in [0.05, 0.1) is 4.92 Å². The Bertz CT molecular complexity index is 664. The number of aryl methyl sites for hydroxylation is 1. The Morgan fingerprint density at radius 1 is 1.30 bits per heavy atom. The first-order chi connectivity index (χ1) is 9.49. The van der Waals surface area contributed by atoms with Gasteiger partial charge >= 0.3 is 5.69 Å². The average molecular weight is 314 g/mol. The minimum atomic E-state index is -0.604. The Labute approximate surface area is 124 Å². The molecule has 1 heterocycles. The Morgan fingerprint density at radius 2 is 2.00 bits per heavy atom. The van der Waals surface area contributed by atoms with E-state index in [0.717, 1.165) is 0 Å². The predicted molar refractivity (Wildman–Crippen MR) is 74.2 cm³/mol. The fourth-order valence-corrected chi connectivity index (χ4v) is 1.97. The molecule has 0 unspecified atom stereocenters. The molecule has 1 aromatic carbocycles. The van der Waals surface area contributed by atoms with E-state index < -0.39 is 4.92 Å². The van der Waals surface area contributed by atoms with E-state index in [1.165, 1.54) is 6.92 Å². The largest absolute Gasteiger partial charge is 0.468 e. The van der Waals surface area contributed by atoms with Crippen molar-refractivity contribution >= 4 is 28.9 Å². The van der Waals surface area contributed by atoms with E-state index in [0.29, 0.717) is 10.6 Å². The van der Waals surface area contributed by atoms with Crippen LogP contribution in [0.15, 0.2) is 24.3 Å². The summed E-state index contributed by atoms with van der Waals surface area (Å²) in [5.74, 6) is -0.174. The lowest BCUT2D eigenvalue weighted by molar-refractivity contribution is -0.387. The molecular weight excluding hydrogens is 305 g/mol. The molecule has 6 nitrogen and oxygen atoms in total. The van der Waals surface area contributed by atoms with E-state index in [9.17, 15) is 10.1 Å². The van der Waals surface area contributed by atoms with Crippen molar-refractivity contribution in [3.8, 4) is 5.88 Å². The van der Waals surface area contributed by atoms with Crippen LogP contribution in [0.5, 0.6) is 5.88 Å². The van der Waals surface area contributed by atoms with Gasteiger partial charge in [0.15, 0.2) is 0 Å². The molecule has 0 saturated carbocycles. The molecule has 0 atom stereocenters. The molecule has 1 aromatic heterocycles. The second kappa shape index (κ2) is 6.02. The van der Waals surface area contributed by atoms with Crippen LogP contribution in [-0.4, -0.2) is 14.9 Å². The molecular formula is C12H9Cl2N3O3. The monoisotopic (exact) mass is 313 g/mol. The third-order valence-electron chi connectivity index (χ3n) is 2.50. The van der Waals surface area contributed by atoms with Crippen LogP contribution in [0.1, 0.15) is 11.3 Å². The summed E-state index contributed by atoms with van der Waals surface area (Å²) in [4.78, 5) is 17.9. The summed E-state index contributed by atoms with van der Waals surface area (Å²) < 4.78 is 5.37. The molecule has 0 spiro atoms. The van der Waals surface area contributed by atoms with Crippen LogP contribution in [0.4, 0.5) is 5.69 Å². The summed E-state index contributed by atoms with van der Waals surface area (Å²) in [7, 11) is 0. The molecule has 0 aliphatic heterocycles. The summed E-state index contributed by atoms with van der Waals surface area (Å²) in [5.41, 5.74) is 0.529. The van der Waals surface area contributed by atoms with Crippen molar-refractivity contribution in [3.63, 3.8) is 0 Å². The zero-order chi connectivity index (χ0) is 14.7. The van der Waals surface area contributed by atoms with Crippen molar-refractivity contribution in [1.82, 2.24) is 9.97 Å². The second-order valence-corrected chi connectivity index (χ2v) is 4.61. The van der Waals surface area contributed by atoms with Gasteiger partial charge in [-0.15, -0.1) is 0 Å². The number of halogens is 2. The molecule has 8 heteroatoms. The molecule has 2 rings (SSSR count). The van der Waals surface area contributed by atoms with Crippen LogP contribution >= 0.6 is 23.2 Å². The highest BCUT2D eigenvalue weighted by molar-refractivity contribution is 6.31. The lowest BCUT2D eigenvalue weighted by Crippen LogP contribution is -2.05. The van der Waals surface area contributed by atoms with Crippen molar-refractivity contribution < 1.29 is 9.66 Å². The van der Waals surface area contributed by atoms with E-state index in [1.54, 1.807) is 24.3 Å². The van der Waals surface area contributed by atoms with Gasteiger partial charge in [0.2, 0.25) is 5.28 Å². The topological polar surface area (TPSA) is 78.2 Å². The van der Waals surface area contributed by atoms with Gasteiger partial charge in [-0.25, -0.2) is 4.98 Å². The lowest BCUT2D eigenvalue weighted by atomic mass is 10.2. The normalized spacial score (nSPS) is 10.3. The maximum Gasteiger partial charge on any atom is 0.352 e. The third kappa shape index (κ3) is 3.15. The quantitative estimate of drug-likeness (QED) is 0.489. The van der Waals surface area contributed by atoms with E-state index >= 15 is 0 Å². The summed E-state index contributed by atoms with van der Waals surface area (Å²) in [6, 6.07) is 7.02. The number of nitrogens with zero attached hydrogens (tertiary/aromatic N) is 3. The number of nitro groups is 1. The number of benzene rings is 1. The van der Waals surface area contributed by atoms with Gasteiger partial charge in [0, 0.05) is 10.6 Å². The van der Waals surface area contributed by atoms with E-state index in [4.69, 9.17) is 27.9 Å². The molecule has 0 saturated heterocycles. The number of aromatic nitrogens is 2. The van der Waals surface area contributed by atoms with Crippen molar-refractivity contribution in [2.75, 3.05) is 0 Å². The summed E-state index contributed by atoms with van der Waals surface area (Å²) in [6.07, 6.45) is 0. The minimum Gasteiger partial charge on any atom is -0.468 e. The van der Waals surface area contributed by atoms with E-state index in [1.807, 2.05) is 0 Å². The Kier molecular flexibility index (Phi) is 4.36. The van der Waals surface area contributed by atoms with Crippen LogP contribution in [0, 0.1) is 17.0 Å². The zero-order valence-electron chi connectivity index (χ0n) is 10.3. The van der Waals surface area contributed by atoms with E-state index in [2.05, 4.69) is 9.97 Å². The smallest absolute Gasteiger partial charge is 0.352 e. The summed E-state index contributed by atoms with van der Waals surface area (Å²) in [6.45, 7) is 1.52. The molecule has 2 aromatic rings. The SMILES string of the molecule is Cc1nc(Cl)nc(OCc2ccccc2Cl)c1[N+](=O)[O-]. The van der Waals surface area contributed by atoms with Crippen LogP contribution in [0.3, 0.4) is 0 Å². The molecule has 104 valence electrons. The van der Waals surface area contributed by atoms with Crippen LogP contribution in [0.2, 0.25) is 10.3 Å². The van der Waals surface area contributed by atoms with Gasteiger partial charge in [-0.05, 0) is 24.6 Å². The molecule has 0 bridgehead atoms. The highest BCUT2D eigenvalue weighted by atomic mass is 35.5. The lowest BCUT2D eigenvalue weighted by Gasteiger charge is -2.08. The summed E-state index contributed by atoms with van der Waals surface area (Å²) in [5, 5.41) is 11.4. The van der Waals surface area contributed by atoms with Gasteiger partial charge in [0.25, 0.3) is 5.88 Å². The Balaban J connectivity index is 2.30. The Morgan fingerprint density at radius 3 is 2.65 bits per heavy atom. The average Bonchev–Trinajstić information content (AvgIpc) is 2.36. The Hall–Kier alpha value is -1.92. The molecule has 20 heavy (non-hydrogen) atoms. The van der Waals surface area contributed by atoms with Crippen LogP contribution < -0.4 is 4.74 Å². The fraction of sp³-hybridized carbons (Fsp3) is 0.167. The number of ether oxygens (including phenoxy) is 1. The second-order valence-electron chi connectivity index (χ2n) is 3.87. The molecule has 0 aliphatic carbocycles. The maximum atomic E-state index is 11.0. The first-order valence-corrected chi connectivity index (χ1v) is 6.29. The van der Waals surface area contributed by atoms with Crippen molar-refractivity contribution in [2.45, 2.75) is 13.5 Å². The van der Waals surface area contributed by atoms with Gasteiger partial charge in [-0.1, -0.05) is 29.8 Å². The molecule has 0 amide bonds. The van der Waals surface area contributed by atoms with E-state index in [-0.39, 0.29) is 29.2 Å². The molecule has 0 radical (unpaired) electrons. The van der Waals surface area contributed by atoms with Crippen molar-refractivity contribution in [1.29, 1.82) is 0 Å². The highest BCUT2D eigenvalue weighted by Crippen LogP contribution is 2.29. The summed E-state index contributed by atoms with van der Waals surface area (Å²) >= 11 is 11.7. The molecule has 0 N–H and O–H groups in total. The standard InChI is InChI=1S/C12H9Cl2N3O3/c1-7-10(17(18)19)11(16-12(14)15-7)20-6-8-4-2-3-5-9(8)13/h2-5H,6H2,1H3. The molecule has 0 aliphatic rings. The fourth-order valence-electron chi connectivity index (χ4n) is 1.58. The van der Waals surface area contributed by atoms with Gasteiger partial charge in [-0.2, -0.15) is 4.98 Å². The zero-order valence-corrected chi connectivity index (χ0v) is 11.9. The van der Waals surface area contributed by atoms with Gasteiger partial charge in [0.1, 0.15) is 12.3 Å². The first-order valence-electron chi connectivity index (χ1n) is 5.53. The highest BCUT2D eigenvalue weighted by Gasteiger charge is 2.23. The van der Waals surface area contributed by atoms with Crippen molar-refractivity contribution in [3.05, 3.63) is 55.9 Å². The molecule has 0 fully saturated rings. The number of hydrogen-bond donors (Lipinski definition) is 0. The first kappa shape index (κ1) is 14.5. The van der Waals surface area contributed by atoms with Crippen LogP contribution in [0.25, 0.3) is 0 Å². The number of hydrogen-bond acceptors (Lipinski definition) is 5. The van der Waals surface area contributed by atoms with Gasteiger partial charge in [-0.3, -0.25) is 10.1 Å².